The van der Waals surface area contributed by atoms with Crippen LogP contribution in [0.1, 0.15) is 56.0 Å². The number of methoxy groups -OCH3 is 1. The highest BCUT2D eigenvalue weighted by Crippen LogP contribution is 2.41. The van der Waals surface area contributed by atoms with Crippen molar-refractivity contribution in [2.24, 2.45) is 4.99 Å². The van der Waals surface area contributed by atoms with E-state index in [9.17, 15) is 23.6 Å². The number of furan rings is 1. The molecule has 218 valence electrons. The lowest BCUT2D eigenvalue weighted by Gasteiger charge is -2.39. The summed E-state index contributed by atoms with van der Waals surface area (Å²) in [6.07, 6.45) is 0.256. The van der Waals surface area contributed by atoms with Gasteiger partial charge in [0.25, 0.3) is 5.91 Å². The topological polar surface area (TPSA) is 153 Å². The average Bonchev–Trinajstić information content (AvgIpc) is 3.61. The molecule has 12 heteroatoms. The number of aliphatic imine (C=N–C) groups is 1. The standard InChI is InChI=1S/C30H30F2N6O4/c1-18(35-17-34)36-22-6-5-20(14-24(22)41-2)19-3-4-21-15-25(42-23(21)13-19)26(39)37-29(9-11-30(31,32)12-10-29)27(40)38-28(16-33)7-8-28/h3-6,13-15,17H,7-12H2,1-2H3,(H,37,39)(H,38,40)(H2,34,35,36). The van der Waals surface area contributed by atoms with Crippen LogP contribution in [-0.2, 0) is 4.79 Å². The van der Waals surface area contributed by atoms with E-state index >= 15 is 0 Å². The van der Waals surface area contributed by atoms with E-state index in [0.717, 1.165) is 17.5 Å². The molecule has 42 heavy (non-hydrogen) atoms. The third-order valence-corrected chi connectivity index (χ3v) is 7.79. The second kappa shape index (κ2) is 10.9. The Balaban J connectivity index is 1.38. The number of anilines is 1. The van der Waals surface area contributed by atoms with Crippen LogP contribution in [0.15, 0.2) is 51.9 Å². The van der Waals surface area contributed by atoms with E-state index in [1.54, 1.807) is 26.2 Å². The number of hydrogen-bond acceptors (Lipinski definition) is 6. The first kappa shape index (κ1) is 28.7. The van der Waals surface area contributed by atoms with E-state index in [-0.39, 0.29) is 18.6 Å². The highest BCUT2D eigenvalue weighted by Gasteiger charge is 2.53. The minimum absolute atomic E-state index is 0.0637. The lowest BCUT2D eigenvalue weighted by Crippen LogP contribution is -2.62. The number of ether oxygens (including phenoxy) is 1. The number of benzene rings is 2. The Labute approximate surface area is 240 Å². The SMILES string of the molecule is COc1cc(-c2ccc3cc(C(=O)NC4(C(=O)NC5(C#N)CC5)CCC(F)(F)CC4)oc3c2)ccc1N/C(C)=N\C=N. The van der Waals surface area contributed by atoms with Gasteiger partial charge in [0.2, 0.25) is 11.8 Å². The Morgan fingerprint density at radius 3 is 2.38 bits per heavy atom. The number of carbonyl (C=O) groups is 2. The minimum Gasteiger partial charge on any atom is -0.495 e. The van der Waals surface area contributed by atoms with Crippen LogP contribution >= 0.6 is 0 Å². The van der Waals surface area contributed by atoms with Gasteiger partial charge in [-0.1, -0.05) is 18.2 Å². The van der Waals surface area contributed by atoms with Crippen molar-refractivity contribution in [3.63, 3.8) is 0 Å². The summed E-state index contributed by atoms with van der Waals surface area (Å²) in [6.45, 7) is 1.73. The summed E-state index contributed by atoms with van der Waals surface area (Å²) in [5, 5.41) is 25.6. The molecule has 10 nitrogen and oxygen atoms in total. The summed E-state index contributed by atoms with van der Waals surface area (Å²) in [5.74, 6) is -3.24. The summed E-state index contributed by atoms with van der Waals surface area (Å²) >= 11 is 0. The highest BCUT2D eigenvalue weighted by molar-refractivity contribution is 6.01. The predicted molar refractivity (Wildman–Crippen MR) is 153 cm³/mol. The number of rotatable bonds is 8. The van der Waals surface area contributed by atoms with Crippen molar-refractivity contribution in [1.82, 2.24) is 10.6 Å². The Hall–Kier alpha value is -4.79. The number of hydrogen-bond donors (Lipinski definition) is 4. The van der Waals surface area contributed by atoms with Crippen LogP contribution in [-0.4, -0.2) is 48.1 Å². The van der Waals surface area contributed by atoms with Gasteiger partial charge in [-0.3, -0.25) is 15.0 Å². The number of carbonyl (C=O) groups excluding carboxylic acids is 2. The molecule has 0 aliphatic heterocycles. The molecule has 0 unspecified atom stereocenters. The molecule has 4 N–H and O–H groups in total. The van der Waals surface area contributed by atoms with Crippen molar-refractivity contribution >= 4 is 40.6 Å². The number of alkyl halides is 2. The molecule has 5 rings (SSSR count). The summed E-state index contributed by atoms with van der Waals surface area (Å²) in [4.78, 5) is 30.5. The van der Waals surface area contributed by atoms with Crippen molar-refractivity contribution < 1.29 is 27.5 Å². The number of halogens is 2. The van der Waals surface area contributed by atoms with E-state index < -0.39 is 41.7 Å². The van der Waals surface area contributed by atoms with Crippen LogP contribution in [0.5, 0.6) is 5.75 Å². The number of nitrogens with zero attached hydrogens (tertiary/aromatic N) is 2. The van der Waals surface area contributed by atoms with Crippen LogP contribution in [0, 0.1) is 16.7 Å². The van der Waals surface area contributed by atoms with E-state index in [2.05, 4.69) is 27.0 Å². The molecule has 2 aromatic carbocycles. The summed E-state index contributed by atoms with van der Waals surface area (Å²) in [7, 11) is 1.54. The van der Waals surface area contributed by atoms with Gasteiger partial charge in [0, 0.05) is 18.2 Å². The molecule has 2 amide bonds. The minimum atomic E-state index is -2.93. The van der Waals surface area contributed by atoms with Crippen LogP contribution in [0.25, 0.3) is 22.1 Å². The van der Waals surface area contributed by atoms with Gasteiger partial charge in [0.05, 0.1) is 18.9 Å². The number of fused-ring (bicyclic) bond motifs is 1. The van der Waals surface area contributed by atoms with Gasteiger partial charge in [-0.25, -0.2) is 13.8 Å². The second-order valence-corrected chi connectivity index (χ2v) is 10.8. The first-order valence-corrected chi connectivity index (χ1v) is 13.5. The molecule has 1 heterocycles. The van der Waals surface area contributed by atoms with Gasteiger partial charge in [-0.15, -0.1) is 0 Å². The zero-order chi connectivity index (χ0) is 30.1. The molecule has 2 aliphatic carbocycles. The number of nitriles is 1. The molecule has 0 saturated heterocycles. The van der Waals surface area contributed by atoms with Crippen molar-refractivity contribution in [3.8, 4) is 22.9 Å². The van der Waals surface area contributed by atoms with Crippen LogP contribution < -0.4 is 20.7 Å². The molecule has 0 radical (unpaired) electrons. The van der Waals surface area contributed by atoms with E-state index in [1.165, 1.54) is 6.07 Å². The van der Waals surface area contributed by atoms with Gasteiger partial charge >= 0.3 is 0 Å². The van der Waals surface area contributed by atoms with Gasteiger partial charge in [-0.2, -0.15) is 5.26 Å². The zero-order valence-electron chi connectivity index (χ0n) is 23.1. The second-order valence-electron chi connectivity index (χ2n) is 10.8. The van der Waals surface area contributed by atoms with E-state index in [4.69, 9.17) is 14.6 Å². The Morgan fingerprint density at radius 1 is 1.05 bits per heavy atom. The van der Waals surface area contributed by atoms with Crippen LogP contribution in [0.2, 0.25) is 0 Å². The van der Waals surface area contributed by atoms with Crippen molar-refractivity contribution in [3.05, 3.63) is 48.2 Å². The lowest BCUT2D eigenvalue weighted by atomic mass is 9.78. The normalized spacial score (nSPS) is 18.4. The maximum absolute atomic E-state index is 14.0. The number of nitrogens with one attached hydrogen (secondary N) is 4. The Morgan fingerprint density at radius 2 is 1.74 bits per heavy atom. The zero-order valence-corrected chi connectivity index (χ0v) is 23.1. The van der Waals surface area contributed by atoms with Crippen LogP contribution in [0.4, 0.5) is 14.5 Å². The molecule has 2 fully saturated rings. The molecule has 3 aromatic rings. The maximum Gasteiger partial charge on any atom is 0.287 e. The molecule has 2 aliphatic rings. The lowest BCUT2D eigenvalue weighted by molar-refractivity contribution is -0.133. The molecule has 1 aromatic heterocycles. The molecular weight excluding hydrogens is 546 g/mol. The van der Waals surface area contributed by atoms with E-state index in [0.29, 0.717) is 41.1 Å². The largest absolute Gasteiger partial charge is 0.495 e. The first-order chi connectivity index (χ1) is 20.0. The highest BCUT2D eigenvalue weighted by atomic mass is 19.3. The predicted octanol–water partition coefficient (Wildman–Crippen LogP) is 5.40. The van der Waals surface area contributed by atoms with Gasteiger partial charge in [-0.05, 0) is 68.0 Å². The van der Waals surface area contributed by atoms with Crippen molar-refractivity contribution in [2.45, 2.75) is 62.4 Å². The van der Waals surface area contributed by atoms with Gasteiger partial charge in [0.15, 0.2) is 5.76 Å². The van der Waals surface area contributed by atoms with Crippen LogP contribution in [0.3, 0.4) is 0 Å². The molecule has 0 spiro atoms. The molecule has 0 atom stereocenters. The summed E-state index contributed by atoms with van der Waals surface area (Å²) in [5.41, 5.74) is 0.104. The fourth-order valence-electron chi connectivity index (χ4n) is 5.08. The fourth-order valence-corrected chi connectivity index (χ4v) is 5.08. The third-order valence-electron chi connectivity index (χ3n) is 7.79. The summed E-state index contributed by atoms with van der Waals surface area (Å²) < 4.78 is 39.4. The fraction of sp³-hybridized carbons (Fsp3) is 0.367. The van der Waals surface area contributed by atoms with E-state index in [1.807, 2.05) is 24.3 Å². The average molecular weight is 577 g/mol. The Kier molecular flexibility index (Phi) is 7.45. The first-order valence-electron chi connectivity index (χ1n) is 13.5. The van der Waals surface area contributed by atoms with Crippen molar-refractivity contribution in [2.75, 3.05) is 12.4 Å². The monoisotopic (exact) mass is 576 g/mol. The summed E-state index contributed by atoms with van der Waals surface area (Å²) in [6, 6.07) is 14.5. The molecule has 0 bridgehead atoms. The molecule has 2 saturated carbocycles. The number of amidine groups is 1. The quantitative estimate of drug-likeness (QED) is 0.208. The van der Waals surface area contributed by atoms with Gasteiger partial charge < -0.3 is 25.1 Å². The smallest absolute Gasteiger partial charge is 0.287 e. The third kappa shape index (κ3) is 5.81. The van der Waals surface area contributed by atoms with Gasteiger partial charge in [0.1, 0.15) is 34.6 Å². The number of amides is 2. The van der Waals surface area contributed by atoms with Crippen molar-refractivity contribution in [1.29, 1.82) is 10.7 Å². The Bertz CT molecular complexity index is 1630. The molecular formula is C30H30F2N6O4. The maximum atomic E-state index is 14.0.